The lowest BCUT2D eigenvalue weighted by atomic mass is 10.2. The van der Waals surface area contributed by atoms with Gasteiger partial charge in [0.25, 0.3) is 0 Å². The maximum Gasteiger partial charge on any atom is 0.240 e. The molecule has 0 amide bonds. The van der Waals surface area contributed by atoms with Gasteiger partial charge in [-0.25, -0.2) is 13.1 Å². The van der Waals surface area contributed by atoms with E-state index in [4.69, 9.17) is 17.3 Å². The van der Waals surface area contributed by atoms with E-state index in [9.17, 15) is 8.42 Å². The summed E-state index contributed by atoms with van der Waals surface area (Å²) in [4.78, 5) is 4.05. The highest BCUT2D eigenvalue weighted by atomic mass is 35.5. The number of aromatic nitrogens is 1. The molecule has 0 aliphatic heterocycles. The Morgan fingerprint density at radius 1 is 1.35 bits per heavy atom. The second-order valence-corrected chi connectivity index (χ2v) is 6.48. The number of aryl methyl sites for hydroxylation is 1. The van der Waals surface area contributed by atoms with E-state index in [1.807, 2.05) is 6.92 Å². The van der Waals surface area contributed by atoms with E-state index in [1.54, 1.807) is 18.5 Å². The summed E-state index contributed by atoms with van der Waals surface area (Å²) in [6.07, 6.45) is 3.31. The number of rotatable bonds is 4. The first-order valence-electron chi connectivity index (χ1n) is 5.84. The van der Waals surface area contributed by atoms with E-state index < -0.39 is 10.0 Å². The Kier molecular flexibility index (Phi) is 4.27. The van der Waals surface area contributed by atoms with Crippen LogP contribution in [0.25, 0.3) is 0 Å². The highest BCUT2D eigenvalue weighted by molar-refractivity contribution is 7.89. The molecule has 7 heteroatoms. The summed E-state index contributed by atoms with van der Waals surface area (Å²) >= 11 is 5.84. The molecule has 0 aliphatic carbocycles. The molecule has 1 aromatic carbocycles. The Bertz CT molecular complexity index is 732. The number of benzene rings is 1. The second kappa shape index (κ2) is 5.78. The molecule has 0 bridgehead atoms. The molecule has 2 aromatic rings. The molecule has 0 radical (unpaired) electrons. The van der Waals surface area contributed by atoms with Gasteiger partial charge in [-0.05, 0) is 42.3 Å². The van der Waals surface area contributed by atoms with Gasteiger partial charge >= 0.3 is 0 Å². The Hall–Kier alpha value is -1.63. The molecular weight excluding hydrogens is 298 g/mol. The third kappa shape index (κ3) is 3.27. The van der Waals surface area contributed by atoms with E-state index in [-0.39, 0.29) is 16.5 Å². The van der Waals surface area contributed by atoms with E-state index >= 15 is 0 Å². The molecule has 0 saturated carbocycles. The van der Waals surface area contributed by atoms with Gasteiger partial charge in [0.2, 0.25) is 10.0 Å². The Labute approximate surface area is 122 Å². The molecule has 106 valence electrons. The van der Waals surface area contributed by atoms with Crippen molar-refractivity contribution in [2.75, 3.05) is 5.73 Å². The second-order valence-electron chi connectivity index (χ2n) is 4.31. The molecular formula is C13H14ClN3O2S. The quantitative estimate of drug-likeness (QED) is 0.847. The van der Waals surface area contributed by atoms with Crippen LogP contribution in [0, 0.1) is 6.92 Å². The van der Waals surface area contributed by atoms with Crippen molar-refractivity contribution in [1.29, 1.82) is 0 Å². The standard InChI is InChI=1S/C13H14ClN3O2S/c1-9-7-16-5-4-10(9)8-17-20(18,19)11-2-3-13(15)12(14)6-11/h2-7,17H,8,15H2,1H3. The molecule has 5 nitrogen and oxygen atoms in total. The first kappa shape index (κ1) is 14.8. The van der Waals surface area contributed by atoms with Crippen LogP contribution >= 0.6 is 11.6 Å². The zero-order valence-electron chi connectivity index (χ0n) is 10.8. The minimum atomic E-state index is -3.62. The van der Waals surface area contributed by atoms with Gasteiger partial charge in [-0.15, -0.1) is 0 Å². The highest BCUT2D eigenvalue weighted by Gasteiger charge is 2.15. The first-order chi connectivity index (χ1) is 9.40. The molecule has 1 heterocycles. The number of hydrogen-bond donors (Lipinski definition) is 2. The van der Waals surface area contributed by atoms with Gasteiger partial charge in [-0.1, -0.05) is 11.6 Å². The number of hydrogen-bond acceptors (Lipinski definition) is 4. The van der Waals surface area contributed by atoms with Crippen LogP contribution in [0.5, 0.6) is 0 Å². The number of pyridine rings is 1. The molecule has 1 aromatic heterocycles. The van der Waals surface area contributed by atoms with E-state index in [1.165, 1.54) is 18.2 Å². The minimum absolute atomic E-state index is 0.0865. The number of halogens is 1. The van der Waals surface area contributed by atoms with Crippen molar-refractivity contribution in [3.63, 3.8) is 0 Å². The van der Waals surface area contributed by atoms with Crippen molar-refractivity contribution in [2.24, 2.45) is 0 Å². The largest absolute Gasteiger partial charge is 0.398 e. The topological polar surface area (TPSA) is 85.1 Å². The van der Waals surface area contributed by atoms with Crippen LogP contribution in [-0.2, 0) is 16.6 Å². The fourth-order valence-corrected chi connectivity index (χ4v) is 2.91. The Morgan fingerprint density at radius 2 is 2.10 bits per heavy atom. The summed E-state index contributed by atoms with van der Waals surface area (Å²) in [5, 5.41) is 0.216. The monoisotopic (exact) mass is 311 g/mol. The van der Waals surface area contributed by atoms with E-state index in [0.717, 1.165) is 11.1 Å². The number of anilines is 1. The maximum absolute atomic E-state index is 12.2. The summed E-state index contributed by atoms with van der Waals surface area (Å²) in [6, 6.07) is 5.99. The van der Waals surface area contributed by atoms with Crippen molar-refractivity contribution in [2.45, 2.75) is 18.4 Å². The van der Waals surface area contributed by atoms with Gasteiger partial charge in [0.15, 0.2) is 0 Å². The summed E-state index contributed by atoms with van der Waals surface area (Å²) in [7, 11) is -3.62. The molecule has 0 spiro atoms. The van der Waals surface area contributed by atoms with Crippen LogP contribution in [0.4, 0.5) is 5.69 Å². The van der Waals surface area contributed by atoms with Gasteiger partial charge in [0, 0.05) is 18.9 Å². The zero-order valence-corrected chi connectivity index (χ0v) is 12.4. The van der Waals surface area contributed by atoms with Crippen LogP contribution in [0.3, 0.4) is 0 Å². The smallest absolute Gasteiger partial charge is 0.240 e. The molecule has 2 rings (SSSR count). The predicted octanol–water partition coefficient (Wildman–Crippen LogP) is 2.10. The van der Waals surface area contributed by atoms with Gasteiger partial charge in [-0.3, -0.25) is 4.98 Å². The van der Waals surface area contributed by atoms with Gasteiger partial charge in [0.1, 0.15) is 0 Å². The fraction of sp³-hybridized carbons (Fsp3) is 0.154. The molecule has 0 unspecified atom stereocenters. The number of nitrogens with one attached hydrogen (secondary N) is 1. The Morgan fingerprint density at radius 3 is 2.75 bits per heavy atom. The van der Waals surface area contributed by atoms with Gasteiger partial charge in [0.05, 0.1) is 15.6 Å². The molecule has 3 N–H and O–H groups in total. The highest BCUT2D eigenvalue weighted by Crippen LogP contribution is 2.22. The normalized spacial score (nSPS) is 11.5. The molecule has 0 aliphatic rings. The molecule has 0 atom stereocenters. The van der Waals surface area contributed by atoms with E-state index in [2.05, 4.69) is 9.71 Å². The summed E-state index contributed by atoms with van der Waals surface area (Å²) in [5.74, 6) is 0. The minimum Gasteiger partial charge on any atom is -0.398 e. The van der Waals surface area contributed by atoms with E-state index in [0.29, 0.717) is 5.69 Å². The van der Waals surface area contributed by atoms with Crippen LogP contribution < -0.4 is 10.5 Å². The maximum atomic E-state index is 12.2. The lowest BCUT2D eigenvalue weighted by molar-refractivity contribution is 0.581. The first-order valence-corrected chi connectivity index (χ1v) is 7.70. The van der Waals surface area contributed by atoms with Crippen LogP contribution in [0.1, 0.15) is 11.1 Å². The Balaban J connectivity index is 2.19. The van der Waals surface area contributed by atoms with Crippen molar-refractivity contribution in [3.05, 3.63) is 52.8 Å². The average Bonchev–Trinajstić information content (AvgIpc) is 2.41. The van der Waals surface area contributed by atoms with Crippen molar-refractivity contribution in [1.82, 2.24) is 9.71 Å². The molecule has 0 fully saturated rings. The fourth-order valence-electron chi connectivity index (χ4n) is 1.63. The summed E-state index contributed by atoms with van der Waals surface area (Å²) in [5.41, 5.74) is 7.69. The number of nitrogens with two attached hydrogens (primary N) is 1. The third-order valence-electron chi connectivity index (χ3n) is 2.87. The van der Waals surface area contributed by atoms with Gasteiger partial charge in [-0.2, -0.15) is 0 Å². The van der Waals surface area contributed by atoms with Crippen molar-refractivity contribution < 1.29 is 8.42 Å². The lowest BCUT2D eigenvalue weighted by Gasteiger charge is -2.09. The van der Waals surface area contributed by atoms with Crippen LogP contribution in [-0.4, -0.2) is 13.4 Å². The van der Waals surface area contributed by atoms with Crippen molar-refractivity contribution in [3.8, 4) is 0 Å². The summed E-state index contributed by atoms with van der Waals surface area (Å²) in [6.45, 7) is 2.06. The third-order valence-corrected chi connectivity index (χ3v) is 4.60. The molecule has 20 heavy (non-hydrogen) atoms. The van der Waals surface area contributed by atoms with Crippen LogP contribution in [0.15, 0.2) is 41.6 Å². The average molecular weight is 312 g/mol. The zero-order chi connectivity index (χ0) is 14.8. The lowest BCUT2D eigenvalue weighted by Crippen LogP contribution is -2.23. The van der Waals surface area contributed by atoms with Gasteiger partial charge < -0.3 is 5.73 Å². The number of sulfonamides is 1. The predicted molar refractivity (Wildman–Crippen MR) is 78.9 cm³/mol. The van der Waals surface area contributed by atoms with Crippen LogP contribution in [0.2, 0.25) is 5.02 Å². The summed E-state index contributed by atoms with van der Waals surface area (Å²) < 4.78 is 26.8. The molecule has 0 saturated heterocycles. The number of nitrogens with zero attached hydrogens (tertiary/aromatic N) is 1. The number of nitrogen functional groups attached to an aromatic ring is 1. The SMILES string of the molecule is Cc1cnccc1CNS(=O)(=O)c1ccc(N)c(Cl)c1. The van der Waals surface area contributed by atoms with Crippen molar-refractivity contribution >= 4 is 27.3 Å².